The Morgan fingerprint density at radius 2 is 1.89 bits per heavy atom. The summed E-state index contributed by atoms with van der Waals surface area (Å²) in [7, 11) is 0. The molecule has 27 heavy (non-hydrogen) atoms. The van der Waals surface area contributed by atoms with Gasteiger partial charge in [0.25, 0.3) is 0 Å². The van der Waals surface area contributed by atoms with E-state index in [-0.39, 0.29) is 5.78 Å². The molecule has 2 aromatic heterocycles. The van der Waals surface area contributed by atoms with Crippen molar-refractivity contribution in [3.63, 3.8) is 0 Å². The van der Waals surface area contributed by atoms with Crippen molar-refractivity contribution in [2.45, 2.75) is 44.9 Å². The molecule has 1 saturated heterocycles. The second-order valence-corrected chi connectivity index (χ2v) is 7.59. The molecule has 3 heterocycles. The molecule has 3 heteroatoms. The van der Waals surface area contributed by atoms with Crippen LogP contribution < -0.4 is 5.32 Å². The minimum absolute atomic E-state index is 0.129. The number of carbonyl (C=O) groups is 1. The number of aromatic nitrogens is 1. The van der Waals surface area contributed by atoms with Crippen LogP contribution in [0, 0.1) is 0 Å². The number of hydrogen-bond acceptors (Lipinski definition) is 2. The third-order valence-electron chi connectivity index (χ3n) is 5.76. The minimum atomic E-state index is 0.129. The van der Waals surface area contributed by atoms with E-state index in [9.17, 15) is 4.79 Å². The summed E-state index contributed by atoms with van der Waals surface area (Å²) in [6.45, 7) is 4.36. The first-order valence-electron chi connectivity index (χ1n) is 10.2. The second kappa shape index (κ2) is 8.10. The maximum absolute atomic E-state index is 13.4. The molecule has 3 aromatic rings. The topological polar surface area (TPSA) is 33.5 Å². The quantitative estimate of drug-likeness (QED) is 0.629. The summed E-state index contributed by atoms with van der Waals surface area (Å²) < 4.78 is 2.05. The zero-order valence-electron chi connectivity index (χ0n) is 16.1. The van der Waals surface area contributed by atoms with Gasteiger partial charge in [0, 0.05) is 17.3 Å². The van der Waals surface area contributed by atoms with E-state index in [1.807, 2.05) is 34.9 Å². The molecular weight excluding hydrogens is 332 g/mol. The number of pyridine rings is 1. The molecule has 0 unspecified atom stereocenters. The Hall–Kier alpha value is -2.39. The molecule has 0 spiro atoms. The van der Waals surface area contributed by atoms with Crippen LogP contribution in [-0.2, 0) is 6.42 Å². The Kier molecular flexibility index (Phi) is 5.40. The first kappa shape index (κ1) is 18.0. The molecule has 1 aliphatic heterocycles. The molecule has 0 saturated carbocycles. The zero-order chi connectivity index (χ0) is 18.6. The standard InChI is InChI=1S/C24H28N2O/c1-2-3-6-21-17-22-7-4-5-16-26(22)23(21)24(27)20-10-8-18(9-11-20)19-12-14-25-15-13-19/h4-5,7-11,16-17,19,25H,2-3,6,12-15H2,1H3. The summed E-state index contributed by atoms with van der Waals surface area (Å²) in [5.74, 6) is 0.744. The Bertz CT molecular complexity index is 917. The number of nitrogens with one attached hydrogen (secondary N) is 1. The molecule has 140 valence electrons. The molecule has 0 amide bonds. The predicted molar refractivity (Wildman–Crippen MR) is 111 cm³/mol. The highest BCUT2D eigenvalue weighted by Crippen LogP contribution is 2.27. The molecule has 0 aliphatic carbocycles. The van der Waals surface area contributed by atoms with Gasteiger partial charge in [-0.3, -0.25) is 4.79 Å². The molecule has 0 bridgehead atoms. The number of carbonyl (C=O) groups excluding carboxylic acids is 1. The SMILES string of the molecule is CCCCc1cc2ccccn2c1C(=O)c1ccc(C2CCNCC2)cc1. The number of ketones is 1. The van der Waals surface area contributed by atoms with E-state index < -0.39 is 0 Å². The summed E-state index contributed by atoms with van der Waals surface area (Å²) in [6, 6.07) is 16.6. The van der Waals surface area contributed by atoms with Crippen LogP contribution in [0.5, 0.6) is 0 Å². The number of aryl methyl sites for hydroxylation is 1. The fraction of sp³-hybridized carbons (Fsp3) is 0.375. The lowest BCUT2D eigenvalue weighted by molar-refractivity contribution is 0.103. The highest BCUT2D eigenvalue weighted by Gasteiger charge is 2.20. The van der Waals surface area contributed by atoms with Gasteiger partial charge in [0.2, 0.25) is 5.78 Å². The lowest BCUT2D eigenvalue weighted by Crippen LogP contribution is -2.26. The van der Waals surface area contributed by atoms with Gasteiger partial charge in [0.1, 0.15) is 0 Å². The summed E-state index contributed by atoms with van der Waals surface area (Å²) in [5, 5.41) is 3.42. The van der Waals surface area contributed by atoms with Gasteiger partial charge < -0.3 is 9.72 Å². The third kappa shape index (κ3) is 3.70. The fourth-order valence-electron chi connectivity index (χ4n) is 4.19. The molecule has 1 aliphatic rings. The van der Waals surface area contributed by atoms with E-state index in [0.29, 0.717) is 5.92 Å². The smallest absolute Gasteiger partial charge is 0.210 e. The van der Waals surface area contributed by atoms with Gasteiger partial charge in [-0.1, -0.05) is 43.7 Å². The first-order chi connectivity index (χ1) is 13.3. The van der Waals surface area contributed by atoms with Crippen LogP contribution in [0.25, 0.3) is 5.52 Å². The average molecular weight is 361 g/mol. The minimum Gasteiger partial charge on any atom is -0.317 e. The number of benzene rings is 1. The van der Waals surface area contributed by atoms with Gasteiger partial charge in [-0.05, 0) is 74.0 Å². The molecular formula is C24H28N2O. The monoisotopic (exact) mass is 360 g/mol. The number of fused-ring (bicyclic) bond motifs is 1. The number of rotatable bonds is 6. The molecule has 3 nitrogen and oxygen atoms in total. The number of hydrogen-bond donors (Lipinski definition) is 1. The Morgan fingerprint density at radius 3 is 2.63 bits per heavy atom. The lowest BCUT2D eigenvalue weighted by atomic mass is 9.89. The summed E-state index contributed by atoms with van der Waals surface area (Å²) >= 11 is 0. The highest BCUT2D eigenvalue weighted by atomic mass is 16.1. The predicted octanol–water partition coefficient (Wildman–Crippen LogP) is 4.98. The number of nitrogens with zero attached hydrogens (tertiary/aromatic N) is 1. The Balaban J connectivity index is 1.65. The van der Waals surface area contributed by atoms with Crippen LogP contribution in [-0.4, -0.2) is 23.3 Å². The molecule has 4 rings (SSSR count). The van der Waals surface area contributed by atoms with E-state index in [1.54, 1.807) is 0 Å². The molecule has 1 N–H and O–H groups in total. The van der Waals surface area contributed by atoms with Crippen LogP contribution in [0.3, 0.4) is 0 Å². The first-order valence-corrected chi connectivity index (χ1v) is 10.2. The van der Waals surface area contributed by atoms with Gasteiger partial charge in [0.15, 0.2) is 0 Å². The van der Waals surface area contributed by atoms with Crippen molar-refractivity contribution < 1.29 is 4.79 Å². The lowest BCUT2D eigenvalue weighted by Gasteiger charge is -2.23. The van der Waals surface area contributed by atoms with Gasteiger partial charge in [-0.2, -0.15) is 0 Å². The van der Waals surface area contributed by atoms with Crippen molar-refractivity contribution in [3.8, 4) is 0 Å². The maximum atomic E-state index is 13.4. The Labute approximate surface area is 161 Å². The normalized spacial score (nSPS) is 15.3. The number of piperidine rings is 1. The van der Waals surface area contributed by atoms with Crippen LogP contribution in [0.2, 0.25) is 0 Å². The van der Waals surface area contributed by atoms with Crippen LogP contribution >= 0.6 is 0 Å². The van der Waals surface area contributed by atoms with E-state index >= 15 is 0 Å². The van der Waals surface area contributed by atoms with Crippen molar-refractivity contribution in [2.75, 3.05) is 13.1 Å². The highest BCUT2D eigenvalue weighted by molar-refractivity contribution is 6.09. The van der Waals surface area contributed by atoms with E-state index in [1.165, 1.54) is 18.4 Å². The van der Waals surface area contributed by atoms with E-state index in [0.717, 1.165) is 54.7 Å². The third-order valence-corrected chi connectivity index (χ3v) is 5.76. The largest absolute Gasteiger partial charge is 0.317 e. The van der Waals surface area contributed by atoms with E-state index in [4.69, 9.17) is 0 Å². The number of unbranched alkanes of at least 4 members (excludes halogenated alkanes) is 1. The van der Waals surface area contributed by atoms with Crippen molar-refractivity contribution in [2.24, 2.45) is 0 Å². The molecule has 1 fully saturated rings. The fourth-order valence-corrected chi connectivity index (χ4v) is 4.19. The second-order valence-electron chi connectivity index (χ2n) is 7.59. The van der Waals surface area contributed by atoms with Crippen molar-refractivity contribution in [3.05, 3.63) is 77.1 Å². The van der Waals surface area contributed by atoms with Crippen molar-refractivity contribution >= 4 is 11.3 Å². The van der Waals surface area contributed by atoms with Gasteiger partial charge in [-0.15, -0.1) is 0 Å². The van der Waals surface area contributed by atoms with Crippen molar-refractivity contribution in [1.82, 2.24) is 9.72 Å². The van der Waals surface area contributed by atoms with Crippen molar-refractivity contribution in [1.29, 1.82) is 0 Å². The summed E-state index contributed by atoms with van der Waals surface area (Å²) in [5.41, 5.74) is 5.23. The van der Waals surface area contributed by atoms with Gasteiger partial charge in [0.05, 0.1) is 5.69 Å². The summed E-state index contributed by atoms with van der Waals surface area (Å²) in [4.78, 5) is 13.4. The molecule has 0 atom stereocenters. The summed E-state index contributed by atoms with van der Waals surface area (Å²) in [6.07, 6.45) is 7.54. The van der Waals surface area contributed by atoms with Crippen LogP contribution in [0.1, 0.15) is 65.7 Å². The van der Waals surface area contributed by atoms with Crippen LogP contribution in [0.4, 0.5) is 0 Å². The van der Waals surface area contributed by atoms with E-state index in [2.05, 4.69) is 36.5 Å². The maximum Gasteiger partial charge on any atom is 0.210 e. The van der Waals surface area contributed by atoms with Gasteiger partial charge >= 0.3 is 0 Å². The van der Waals surface area contributed by atoms with Gasteiger partial charge in [-0.25, -0.2) is 0 Å². The Morgan fingerprint density at radius 1 is 1.11 bits per heavy atom. The average Bonchev–Trinajstić information content (AvgIpc) is 3.11. The molecule has 0 radical (unpaired) electrons. The molecule has 1 aromatic carbocycles. The zero-order valence-corrected chi connectivity index (χ0v) is 16.1. The van der Waals surface area contributed by atoms with Crippen LogP contribution in [0.15, 0.2) is 54.7 Å².